The fourth-order valence-corrected chi connectivity index (χ4v) is 3.14. The van der Waals surface area contributed by atoms with Crippen molar-refractivity contribution in [1.29, 1.82) is 0 Å². The van der Waals surface area contributed by atoms with Crippen LogP contribution in [-0.4, -0.2) is 20.0 Å². The Kier molecular flexibility index (Phi) is 6.32. The van der Waals surface area contributed by atoms with Crippen molar-refractivity contribution in [3.8, 4) is 5.75 Å². The number of para-hydroxylation sites is 1. The van der Waals surface area contributed by atoms with E-state index >= 15 is 0 Å². The van der Waals surface area contributed by atoms with Crippen molar-refractivity contribution in [3.63, 3.8) is 0 Å². The van der Waals surface area contributed by atoms with E-state index in [4.69, 9.17) is 4.43 Å². The predicted molar refractivity (Wildman–Crippen MR) is 84.6 cm³/mol. The number of rotatable bonds is 7. The largest absolute Gasteiger partial charge is 0.507 e. The van der Waals surface area contributed by atoms with Crippen LogP contribution in [0.1, 0.15) is 32.3 Å². The zero-order valence-corrected chi connectivity index (χ0v) is 13.5. The summed E-state index contributed by atoms with van der Waals surface area (Å²) in [6.45, 7) is 9.67. The maximum Gasteiger partial charge on any atom is 0.211 e. The lowest BCUT2D eigenvalue weighted by molar-refractivity contribution is 0.295. The second-order valence-electron chi connectivity index (χ2n) is 5.88. The molecule has 0 fully saturated rings. The lowest BCUT2D eigenvalue weighted by atomic mass is 10.1. The number of hydrogen-bond acceptors (Lipinski definition) is 2. The minimum atomic E-state index is -1.77. The normalized spacial score (nSPS) is 12.5. The van der Waals surface area contributed by atoms with Crippen LogP contribution in [0.2, 0.25) is 13.1 Å². The van der Waals surface area contributed by atoms with Gasteiger partial charge in [0, 0.05) is 12.2 Å². The molecule has 0 atom stereocenters. The molecule has 0 aromatic heterocycles. The Labute approximate surface area is 118 Å². The first-order valence-corrected chi connectivity index (χ1v) is 10.0. The van der Waals surface area contributed by atoms with Gasteiger partial charge in [0.15, 0.2) is 0 Å². The van der Waals surface area contributed by atoms with Gasteiger partial charge in [0.05, 0.1) is 0 Å². The molecule has 1 aromatic rings. The Morgan fingerprint density at radius 2 is 1.95 bits per heavy atom. The quantitative estimate of drug-likeness (QED) is 0.583. The highest BCUT2D eigenvalue weighted by atomic mass is 28.4. The molecule has 0 aliphatic heterocycles. The van der Waals surface area contributed by atoms with Crippen LogP contribution in [0, 0.1) is 5.92 Å². The van der Waals surface area contributed by atoms with E-state index in [-0.39, 0.29) is 0 Å². The highest BCUT2D eigenvalue weighted by Crippen LogP contribution is 2.19. The van der Waals surface area contributed by atoms with E-state index in [1.165, 1.54) is 6.42 Å². The van der Waals surface area contributed by atoms with Gasteiger partial charge in [-0.15, -0.1) is 0 Å². The Morgan fingerprint density at radius 1 is 1.26 bits per heavy atom. The maximum atomic E-state index is 9.71. The Bertz CT molecular complexity index is 411. The predicted octanol–water partition coefficient (Wildman–Crippen LogP) is 4.60. The molecule has 1 aromatic carbocycles. The molecule has 2 nitrogen and oxygen atoms in total. The van der Waals surface area contributed by atoms with Gasteiger partial charge in [0.25, 0.3) is 0 Å². The van der Waals surface area contributed by atoms with Crippen molar-refractivity contribution >= 4 is 14.4 Å². The molecule has 106 valence electrons. The van der Waals surface area contributed by atoms with Crippen LogP contribution in [0.4, 0.5) is 0 Å². The summed E-state index contributed by atoms with van der Waals surface area (Å²) >= 11 is 0. The molecule has 0 spiro atoms. The fourth-order valence-electron chi connectivity index (χ4n) is 1.79. The van der Waals surface area contributed by atoms with Crippen molar-refractivity contribution in [1.82, 2.24) is 0 Å². The molecule has 1 rings (SSSR count). The SMILES string of the molecule is CC(C)CCCO[Si](C)(C)/C=C/c1ccccc1O. The third kappa shape index (κ3) is 6.60. The zero-order chi connectivity index (χ0) is 14.3. The summed E-state index contributed by atoms with van der Waals surface area (Å²) in [6.07, 6.45) is 4.32. The number of hydrogen-bond donors (Lipinski definition) is 1. The first-order chi connectivity index (χ1) is 8.91. The first kappa shape index (κ1) is 16.0. The third-order valence-electron chi connectivity index (χ3n) is 3.00. The molecular formula is C16H26O2Si. The Hall–Kier alpha value is -1.06. The number of benzene rings is 1. The van der Waals surface area contributed by atoms with Crippen LogP contribution in [0.5, 0.6) is 5.75 Å². The van der Waals surface area contributed by atoms with E-state index in [1.807, 2.05) is 24.3 Å². The molecule has 19 heavy (non-hydrogen) atoms. The Morgan fingerprint density at radius 3 is 2.58 bits per heavy atom. The maximum absolute atomic E-state index is 9.71. The number of aromatic hydroxyl groups is 1. The van der Waals surface area contributed by atoms with E-state index < -0.39 is 8.32 Å². The van der Waals surface area contributed by atoms with Gasteiger partial charge in [-0.1, -0.05) is 43.8 Å². The van der Waals surface area contributed by atoms with Gasteiger partial charge >= 0.3 is 0 Å². The number of phenols is 1. The molecular weight excluding hydrogens is 252 g/mol. The van der Waals surface area contributed by atoms with E-state index in [0.717, 1.165) is 24.5 Å². The molecule has 0 aliphatic carbocycles. The molecule has 0 saturated carbocycles. The van der Waals surface area contributed by atoms with E-state index in [0.29, 0.717) is 5.75 Å². The highest BCUT2D eigenvalue weighted by Gasteiger charge is 2.18. The van der Waals surface area contributed by atoms with Crippen LogP contribution < -0.4 is 0 Å². The van der Waals surface area contributed by atoms with Gasteiger partial charge in [-0.05, 0) is 37.9 Å². The van der Waals surface area contributed by atoms with Gasteiger partial charge < -0.3 is 9.53 Å². The molecule has 0 saturated heterocycles. The monoisotopic (exact) mass is 278 g/mol. The molecule has 1 N–H and O–H groups in total. The van der Waals surface area contributed by atoms with Crippen LogP contribution in [0.25, 0.3) is 6.08 Å². The van der Waals surface area contributed by atoms with E-state index in [9.17, 15) is 5.11 Å². The molecule has 0 aliphatic rings. The number of phenolic OH excluding ortho intramolecular Hbond substituents is 1. The lowest BCUT2D eigenvalue weighted by Crippen LogP contribution is -2.28. The van der Waals surface area contributed by atoms with Gasteiger partial charge in [-0.25, -0.2) is 0 Å². The molecule has 0 amide bonds. The van der Waals surface area contributed by atoms with Crippen molar-refractivity contribution in [2.75, 3.05) is 6.61 Å². The summed E-state index contributed by atoms with van der Waals surface area (Å²) < 4.78 is 6.01. The molecule has 0 radical (unpaired) electrons. The van der Waals surface area contributed by atoms with Crippen LogP contribution in [0.15, 0.2) is 30.0 Å². The highest BCUT2D eigenvalue weighted by molar-refractivity contribution is 6.76. The minimum Gasteiger partial charge on any atom is -0.507 e. The van der Waals surface area contributed by atoms with Gasteiger partial charge in [0.2, 0.25) is 8.32 Å². The summed E-state index contributed by atoms with van der Waals surface area (Å²) in [5, 5.41) is 9.71. The summed E-state index contributed by atoms with van der Waals surface area (Å²) in [4.78, 5) is 0. The second kappa shape index (κ2) is 7.51. The molecule has 3 heteroatoms. The van der Waals surface area contributed by atoms with Crippen LogP contribution >= 0.6 is 0 Å². The first-order valence-electron chi connectivity index (χ1n) is 7.02. The van der Waals surface area contributed by atoms with Gasteiger partial charge in [-0.3, -0.25) is 0 Å². The average Bonchev–Trinajstić information content (AvgIpc) is 2.34. The summed E-state index contributed by atoms with van der Waals surface area (Å²) in [5.41, 5.74) is 2.99. The zero-order valence-electron chi connectivity index (χ0n) is 12.5. The van der Waals surface area contributed by atoms with Crippen molar-refractivity contribution in [2.24, 2.45) is 5.92 Å². The van der Waals surface area contributed by atoms with E-state index in [2.05, 4.69) is 32.6 Å². The van der Waals surface area contributed by atoms with Gasteiger partial charge in [-0.2, -0.15) is 0 Å². The van der Waals surface area contributed by atoms with Crippen LogP contribution in [-0.2, 0) is 4.43 Å². The lowest BCUT2D eigenvalue weighted by Gasteiger charge is -2.19. The summed E-state index contributed by atoms with van der Waals surface area (Å²) in [7, 11) is -1.77. The average molecular weight is 278 g/mol. The second-order valence-corrected chi connectivity index (χ2v) is 9.71. The van der Waals surface area contributed by atoms with Crippen molar-refractivity contribution < 1.29 is 9.53 Å². The standard InChI is InChI=1S/C16H26O2Si/c1-14(2)8-7-12-18-19(3,4)13-11-15-9-5-6-10-16(15)17/h5-6,9-11,13-14,17H,7-8,12H2,1-4H3/b13-11+. The van der Waals surface area contributed by atoms with Crippen LogP contribution in [0.3, 0.4) is 0 Å². The van der Waals surface area contributed by atoms with E-state index in [1.54, 1.807) is 6.07 Å². The smallest absolute Gasteiger partial charge is 0.211 e. The Balaban J connectivity index is 2.47. The molecule has 0 bridgehead atoms. The summed E-state index contributed by atoms with van der Waals surface area (Å²) in [6, 6.07) is 7.38. The fraction of sp³-hybridized carbons (Fsp3) is 0.500. The third-order valence-corrected chi connectivity index (χ3v) is 4.92. The van der Waals surface area contributed by atoms with Crippen molar-refractivity contribution in [2.45, 2.75) is 39.8 Å². The summed E-state index contributed by atoms with van der Waals surface area (Å²) in [5.74, 6) is 1.06. The topological polar surface area (TPSA) is 29.5 Å². The van der Waals surface area contributed by atoms with Crippen molar-refractivity contribution in [3.05, 3.63) is 35.5 Å². The van der Waals surface area contributed by atoms with Gasteiger partial charge in [0.1, 0.15) is 5.75 Å². The molecule has 0 heterocycles. The minimum absolute atomic E-state index is 0.323. The molecule has 0 unspecified atom stereocenters.